The van der Waals surface area contributed by atoms with Crippen LogP contribution in [-0.4, -0.2) is 72.2 Å². The predicted molar refractivity (Wildman–Crippen MR) is 95.3 cm³/mol. The quantitative estimate of drug-likeness (QED) is 0.143. The largest absolute Gasteiger partial charge is 0.426 e. The average Bonchev–Trinajstić information content (AvgIpc) is 2.70. The molecule has 0 aromatic heterocycles. The molecule has 3 N–H and O–H groups in total. The van der Waals surface area contributed by atoms with Gasteiger partial charge in [0.15, 0.2) is 0 Å². The Balaban J connectivity index is 5.16. The number of esters is 3. The van der Waals surface area contributed by atoms with Crippen LogP contribution in [0.25, 0.3) is 0 Å². The summed E-state index contributed by atoms with van der Waals surface area (Å²) in [6, 6.07) is 0. The van der Waals surface area contributed by atoms with E-state index >= 15 is 0 Å². The Kier molecular flexibility index (Phi) is 11.6. The molecule has 0 fully saturated rings. The van der Waals surface area contributed by atoms with Crippen LogP contribution in [-0.2, 0) is 33.3 Å². The number of rotatable bonds is 15. The fraction of sp³-hybridized carbons (Fsp3) is 0.500. The summed E-state index contributed by atoms with van der Waals surface area (Å²) in [5.41, 5.74) is -1.13. The molecule has 0 atom stereocenters. The predicted octanol–water partition coefficient (Wildman–Crippen LogP) is -0.412. The zero-order chi connectivity index (χ0) is 21.6. The van der Waals surface area contributed by atoms with Crippen molar-refractivity contribution >= 4 is 17.9 Å². The van der Waals surface area contributed by atoms with Crippen molar-refractivity contribution in [3.63, 3.8) is 0 Å². The summed E-state index contributed by atoms with van der Waals surface area (Å²) in [6.45, 7) is 8.01. The molecule has 0 spiro atoms. The van der Waals surface area contributed by atoms with Gasteiger partial charge in [-0.25, -0.2) is 14.4 Å². The highest BCUT2D eigenvalue weighted by atomic mass is 16.9. The van der Waals surface area contributed by atoms with Crippen molar-refractivity contribution < 1.29 is 48.7 Å². The number of carbonyl (C=O) groups excluding carboxylic acids is 3. The fourth-order valence-electron chi connectivity index (χ4n) is 1.78. The normalized spacial score (nSPS) is 11.2. The van der Waals surface area contributed by atoms with Gasteiger partial charge in [-0.2, -0.15) is 0 Å². The molecule has 0 saturated heterocycles. The molecule has 0 saturated carbocycles. The van der Waals surface area contributed by atoms with E-state index in [9.17, 15) is 29.7 Å². The fourth-order valence-corrected chi connectivity index (χ4v) is 1.78. The summed E-state index contributed by atoms with van der Waals surface area (Å²) in [5, 5.41) is 27.8. The Morgan fingerprint density at radius 3 is 1.39 bits per heavy atom. The second-order valence-corrected chi connectivity index (χ2v) is 5.65. The molecule has 0 aromatic carbocycles. The molecule has 158 valence electrons. The standard InChI is InChI=1S/C18H26O10/c1-4-14(22)26-18(27-15(23)5-2,28-16(24)6-3)8-10-25-9-7-17(11-19,12-20)13-21/h4-6,19-21H,1-3,7-13H2. The number of hydrogen-bond acceptors (Lipinski definition) is 10. The lowest BCUT2D eigenvalue weighted by Gasteiger charge is -2.30. The number of ether oxygens (including phenoxy) is 4. The summed E-state index contributed by atoms with van der Waals surface area (Å²) in [6.07, 6.45) is 2.02. The third-order valence-electron chi connectivity index (χ3n) is 3.60. The molecule has 0 rings (SSSR count). The molecular weight excluding hydrogens is 376 g/mol. The number of hydrogen-bond donors (Lipinski definition) is 3. The SMILES string of the molecule is C=CC(=O)OC(CCOCCC(CO)(CO)CO)(OC(=O)C=C)OC(=O)C=C. The highest BCUT2D eigenvalue weighted by Crippen LogP contribution is 2.24. The molecule has 10 heteroatoms. The molecule has 0 aliphatic carbocycles. The molecule has 0 amide bonds. The van der Waals surface area contributed by atoms with Crippen molar-refractivity contribution in [1.29, 1.82) is 0 Å². The van der Waals surface area contributed by atoms with E-state index < -0.39 is 55.5 Å². The van der Waals surface area contributed by atoms with Crippen LogP contribution in [0.1, 0.15) is 12.8 Å². The topological polar surface area (TPSA) is 149 Å². The second kappa shape index (κ2) is 12.8. The van der Waals surface area contributed by atoms with Crippen molar-refractivity contribution in [2.45, 2.75) is 18.8 Å². The van der Waals surface area contributed by atoms with Crippen LogP contribution < -0.4 is 0 Å². The van der Waals surface area contributed by atoms with E-state index in [0.717, 1.165) is 18.2 Å². The number of aliphatic hydroxyl groups excluding tert-OH is 3. The van der Waals surface area contributed by atoms with Crippen LogP contribution in [0.15, 0.2) is 38.0 Å². The second-order valence-electron chi connectivity index (χ2n) is 5.65. The van der Waals surface area contributed by atoms with Crippen LogP contribution in [0.3, 0.4) is 0 Å². The average molecular weight is 402 g/mol. The van der Waals surface area contributed by atoms with Crippen LogP contribution in [0, 0.1) is 5.41 Å². The molecule has 0 heterocycles. The van der Waals surface area contributed by atoms with Gasteiger partial charge in [0.25, 0.3) is 0 Å². The van der Waals surface area contributed by atoms with E-state index in [0.29, 0.717) is 0 Å². The molecule has 0 unspecified atom stereocenters. The number of carbonyl (C=O) groups is 3. The molecule has 0 radical (unpaired) electrons. The van der Waals surface area contributed by atoms with E-state index in [1.165, 1.54) is 0 Å². The lowest BCUT2D eigenvalue weighted by Crippen LogP contribution is -2.44. The zero-order valence-corrected chi connectivity index (χ0v) is 15.5. The van der Waals surface area contributed by atoms with Crippen LogP contribution in [0.2, 0.25) is 0 Å². The van der Waals surface area contributed by atoms with Crippen molar-refractivity contribution in [3.05, 3.63) is 38.0 Å². The maximum Gasteiger partial charge on any atom is 0.426 e. The minimum atomic E-state index is -2.44. The maximum atomic E-state index is 11.6. The van der Waals surface area contributed by atoms with Crippen molar-refractivity contribution in [2.24, 2.45) is 5.41 Å². The Bertz CT molecular complexity index is 501. The Morgan fingerprint density at radius 2 is 1.07 bits per heavy atom. The molecule has 0 aromatic rings. The van der Waals surface area contributed by atoms with E-state index in [1.807, 2.05) is 0 Å². The van der Waals surface area contributed by atoms with E-state index in [1.54, 1.807) is 0 Å². The van der Waals surface area contributed by atoms with Crippen LogP contribution in [0.4, 0.5) is 0 Å². The van der Waals surface area contributed by atoms with E-state index in [-0.39, 0.29) is 19.6 Å². The lowest BCUT2D eigenvalue weighted by atomic mass is 9.88. The molecule has 0 aliphatic heterocycles. The van der Waals surface area contributed by atoms with Gasteiger partial charge in [0, 0.05) is 30.2 Å². The smallest absolute Gasteiger partial charge is 0.396 e. The Morgan fingerprint density at radius 1 is 0.714 bits per heavy atom. The monoisotopic (exact) mass is 402 g/mol. The molecule has 28 heavy (non-hydrogen) atoms. The molecule has 10 nitrogen and oxygen atoms in total. The van der Waals surface area contributed by atoms with Gasteiger partial charge in [0.2, 0.25) is 0 Å². The molecule has 0 bridgehead atoms. The van der Waals surface area contributed by atoms with Crippen molar-refractivity contribution in [2.75, 3.05) is 33.0 Å². The summed E-state index contributed by atoms with van der Waals surface area (Å²) in [7, 11) is 0. The minimum absolute atomic E-state index is 0.0159. The summed E-state index contributed by atoms with van der Waals surface area (Å²) in [4.78, 5) is 34.8. The van der Waals surface area contributed by atoms with Gasteiger partial charge in [-0.15, -0.1) is 0 Å². The summed E-state index contributed by atoms with van der Waals surface area (Å²) in [5.74, 6) is -5.54. The van der Waals surface area contributed by atoms with E-state index in [4.69, 9.17) is 18.9 Å². The van der Waals surface area contributed by atoms with Gasteiger partial charge >= 0.3 is 23.9 Å². The first-order valence-corrected chi connectivity index (χ1v) is 8.22. The van der Waals surface area contributed by atoms with Gasteiger partial charge in [-0.3, -0.25) is 0 Å². The highest BCUT2D eigenvalue weighted by molar-refractivity contribution is 5.85. The lowest BCUT2D eigenvalue weighted by molar-refractivity contribution is -0.329. The minimum Gasteiger partial charge on any atom is -0.396 e. The first-order chi connectivity index (χ1) is 13.3. The first-order valence-electron chi connectivity index (χ1n) is 8.22. The number of aliphatic hydroxyl groups is 3. The molecule has 0 aliphatic rings. The van der Waals surface area contributed by atoms with Crippen molar-refractivity contribution in [1.82, 2.24) is 0 Å². The Hall–Kier alpha value is -2.53. The first kappa shape index (κ1) is 25.5. The maximum absolute atomic E-state index is 11.6. The van der Waals surface area contributed by atoms with Crippen LogP contribution in [0.5, 0.6) is 0 Å². The van der Waals surface area contributed by atoms with Gasteiger partial charge in [0.05, 0.1) is 32.8 Å². The third-order valence-corrected chi connectivity index (χ3v) is 3.60. The molecular formula is C18H26O10. The van der Waals surface area contributed by atoms with Gasteiger partial charge in [0.1, 0.15) is 0 Å². The highest BCUT2D eigenvalue weighted by Gasteiger charge is 2.42. The van der Waals surface area contributed by atoms with Gasteiger partial charge in [-0.1, -0.05) is 19.7 Å². The van der Waals surface area contributed by atoms with Crippen LogP contribution >= 0.6 is 0 Å². The van der Waals surface area contributed by atoms with Crippen molar-refractivity contribution in [3.8, 4) is 0 Å². The van der Waals surface area contributed by atoms with Gasteiger partial charge < -0.3 is 34.3 Å². The third kappa shape index (κ3) is 8.44. The summed E-state index contributed by atoms with van der Waals surface area (Å²) < 4.78 is 20.0. The van der Waals surface area contributed by atoms with E-state index in [2.05, 4.69) is 19.7 Å². The zero-order valence-electron chi connectivity index (χ0n) is 15.5. The van der Waals surface area contributed by atoms with Gasteiger partial charge in [-0.05, 0) is 6.42 Å². The summed E-state index contributed by atoms with van der Waals surface area (Å²) >= 11 is 0. The Labute approximate surface area is 162 Å².